The molecular formula is C40H58O6Si3. The van der Waals surface area contributed by atoms with Gasteiger partial charge in [-0.25, -0.2) is 0 Å². The number of ether oxygens (including phenoxy) is 1. The van der Waals surface area contributed by atoms with Crippen LogP contribution in [-0.4, -0.2) is 35.2 Å². The third-order valence-corrected chi connectivity index (χ3v) is 25.6. The van der Waals surface area contributed by atoms with Crippen LogP contribution in [0.4, 0.5) is 0 Å². The second kappa shape index (κ2) is 14.6. The molecule has 1 heterocycles. The average Bonchev–Trinajstić information content (AvgIpc) is 3.11. The maximum absolute atomic E-state index is 11.7. The van der Waals surface area contributed by atoms with Gasteiger partial charge in [0.1, 0.15) is 40.2 Å². The van der Waals surface area contributed by atoms with Crippen LogP contribution >= 0.6 is 0 Å². The molecule has 4 aromatic carbocycles. The molecule has 5 rings (SSSR count). The van der Waals surface area contributed by atoms with E-state index in [2.05, 4.69) is 87.4 Å². The van der Waals surface area contributed by atoms with Crippen LogP contribution in [0.15, 0.2) is 36.4 Å². The summed E-state index contributed by atoms with van der Waals surface area (Å²) in [5.41, 5.74) is 2.78. The highest BCUT2D eigenvalue weighted by atomic mass is 28.4. The van der Waals surface area contributed by atoms with Crippen molar-refractivity contribution in [3.05, 3.63) is 53.1 Å². The molecule has 0 unspecified atom stereocenters. The van der Waals surface area contributed by atoms with Crippen molar-refractivity contribution >= 4 is 46.5 Å². The molecular weight excluding hydrogens is 661 g/mol. The monoisotopic (exact) mass is 718 g/mol. The van der Waals surface area contributed by atoms with Gasteiger partial charge in [-0.1, -0.05) is 68.4 Å². The number of rotatable bonds is 15. The molecule has 0 spiro atoms. The smallest absolute Gasteiger partial charge is 0.250 e. The third kappa shape index (κ3) is 6.70. The molecule has 2 N–H and O–H groups in total. The summed E-state index contributed by atoms with van der Waals surface area (Å²) in [5, 5.41) is 26.0. The highest BCUT2D eigenvalue weighted by molar-refractivity contribution is 6.75. The van der Waals surface area contributed by atoms with Gasteiger partial charge in [0, 0.05) is 29.7 Å². The van der Waals surface area contributed by atoms with Crippen LogP contribution in [0.1, 0.15) is 79.0 Å². The zero-order chi connectivity index (χ0) is 35.7. The van der Waals surface area contributed by atoms with E-state index in [0.29, 0.717) is 34.3 Å². The van der Waals surface area contributed by atoms with Crippen LogP contribution in [0, 0.1) is 6.92 Å². The molecule has 1 aliphatic heterocycles. The van der Waals surface area contributed by atoms with Crippen LogP contribution in [0.3, 0.4) is 0 Å². The number of hydrogen-bond donors (Lipinski definition) is 2. The van der Waals surface area contributed by atoms with E-state index in [1.807, 2.05) is 12.1 Å². The Morgan fingerprint density at radius 1 is 0.571 bits per heavy atom. The van der Waals surface area contributed by atoms with Crippen LogP contribution in [-0.2, 0) is 6.42 Å². The zero-order valence-corrected chi connectivity index (χ0v) is 34.6. The van der Waals surface area contributed by atoms with Crippen molar-refractivity contribution in [1.29, 1.82) is 0 Å². The minimum Gasteiger partial charge on any atom is -0.543 e. The SMILES string of the molecule is CC[Si](CC)(CC)Oc1cc(O)c2c(O)c3c(cc2c1)Oc1c(c(C)cc2cc(O[Si](CC)(CC)CC)cc(O[Si](CC)(CC)CC)c12)C3. The highest BCUT2D eigenvalue weighted by Crippen LogP contribution is 2.52. The van der Waals surface area contributed by atoms with Gasteiger partial charge in [0.25, 0.3) is 8.32 Å². The minimum atomic E-state index is -2.08. The van der Waals surface area contributed by atoms with Gasteiger partial charge in [-0.3, -0.25) is 0 Å². The normalized spacial score (nSPS) is 13.3. The lowest BCUT2D eigenvalue weighted by molar-refractivity contribution is 0.433. The first-order valence-corrected chi connectivity index (χ1v) is 26.4. The van der Waals surface area contributed by atoms with Crippen molar-refractivity contribution in [2.45, 2.75) is 130 Å². The topological polar surface area (TPSA) is 77.4 Å². The van der Waals surface area contributed by atoms with Crippen LogP contribution in [0.25, 0.3) is 21.5 Å². The predicted molar refractivity (Wildman–Crippen MR) is 212 cm³/mol. The standard InChI is InChI=1S/C40H58O6Si3/c1-11-47(12-2,13-3)44-30-22-29-23-35-33(39(42)37(29)34(41)24-30)26-32-27(10)20-28-21-31(45-48(14-4,15-5)16-6)25-36(38(28)40(32)43-35)46-49(17-7,18-8)19-9/h20-25,41-42H,11-19,26H2,1-10H3. The van der Waals surface area contributed by atoms with E-state index in [0.717, 1.165) is 93.5 Å². The number of aryl methyl sites for hydroxylation is 1. The second-order valence-electron chi connectivity index (χ2n) is 14.1. The molecule has 0 fully saturated rings. The molecule has 6 nitrogen and oxygen atoms in total. The first-order chi connectivity index (χ1) is 23.4. The largest absolute Gasteiger partial charge is 0.543 e. The van der Waals surface area contributed by atoms with Crippen molar-refractivity contribution < 1.29 is 28.2 Å². The highest BCUT2D eigenvalue weighted by Gasteiger charge is 2.36. The Kier molecular flexibility index (Phi) is 11.1. The maximum Gasteiger partial charge on any atom is 0.250 e. The van der Waals surface area contributed by atoms with Gasteiger partial charge < -0.3 is 28.2 Å². The molecule has 0 saturated carbocycles. The Bertz CT molecular complexity index is 1800. The van der Waals surface area contributed by atoms with Gasteiger partial charge in [0.05, 0.1) is 10.8 Å². The van der Waals surface area contributed by atoms with E-state index in [4.69, 9.17) is 18.0 Å². The third-order valence-electron chi connectivity index (χ3n) is 12.0. The summed E-state index contributed by atoms with van der Waals surface area (Å²) in [6.45, 7) is 22.2. The van der Waals surface area contributed by atoms with E-state index in [-0.39, 0.29) is 11.5 Å². The first kappa shape index (κ1) is 37.1. The number of fused-ring (bicyclic) bond motifs is 5. The molecule has 9 heteroatoms. The van der Waals surface area contributed by atoms with E-state index < -0.39 is 25.0 Å². The predicted octanol–water partition coefficient (Wildman–Crippen LogP) is 12.6. The Morgan fingerprint density at radius 2 is 1.04 bits per heavy atom. The summed E-state index contributed by atoms with van der Waals surface area (Å²) in [5.74, 6) is 3.83. The van der Waals surface area contributed by atoms with Gasteiger partial charge in [0.2, 0.25) is 16.6 Å². The molecule has 0 radical (unpaired) electrons. The fraction of sp³-hybridized carbons (Fsp3) is 0.500. The maximum atomic E-state index is 11.7. The van der Waals surface area contributed by atoms with Crippen molar-refractivity contribution in [3.63, 3.8) is 0 Å². The second-order valence-corrected chi connectivity index (χ2v) is 28.2. The van der Waals surface area contributed by atoms with Crippen molar-refractivity contribution in [1.82, 2.24) is 0 Å². The van der Waals surface area contributed by atoms with Crippen molar-refractivity contribution in [2.24, 2.45) is 0 Å². The Hall–Kier alpha value is -3.15. The molecule has 0 aliphatic carbocycles. The summed E-state index contributed by atoms with van der Waals surface area (Å²) in [6.07, 6.45) is 0.483. The molecule has 0 atom stereocenters. The summed E-state index contributed by atoms with van der Waals surface area (Å²) in [6, 6.07) is 21.3. The zero-order valence-electron chi connectivity index (χ0n) is 31.6. The van der Waals surface area contributed by atoms with E-state index >= 15 is 0 Å². The van der Waals surface area contributed by atoms with Crippen LogP contribution < -0.4 is 18.0 Å². The average molecular weight is 719 g/mol. The fourth-order valence-electron chi connectivity index (χ4n) is 7.82. The molecule has 266 valence electrons. The van der Waals surface area contributed by atoms with Crippen molar-refractivity contribution in [2.75, 3.05) is 0 Å². The van der Waals surface area contributed by atoms with Gasteiger partial charge in [0.15, 0.2) is 0 Å². The van der Waals surface area contributed by atoms with Gasteiger partial charge in [-0.2, -0.15) is 0 Å². The summed E-state index contributed by atoms with van der Waals surface area (Å²) < 4.78 is 27.7. The summed E-state index contributed by atoms with van der Waals surface area (Å²) >= 11 is 0. The molecule has 0 aromatic heterocycles. The van der Waals surface area contributed by atoms with Crippen LogP contribution in [0.2, 0.25) is 54.4 Å². The van der Waals surface area contributed by atoms with Crippen LogP contribution in [0.5, 0.6) is 40.2 Å². The minimum absolute atomic E-state index is 0.0223. The number of aromatic hydroxyl groups is 2. The molecule has 0 amide bonds. The molecule has 1 aliphatic rings. The number of hydrogen-bond acceptors (Lipinski definition) is 6. The Labute approximate surface area is 297 Å². The lowest BCUT2D eigenvalue weighted by Gasteiger charge is -2.33. The molecule has 0 saturated heterocycles. The van der Waals surface area contributed by atoms with E-state index in [9.17, 15) is 10.2 Å². The number of benzene rings is 4. The molecule has 4 aromatic rings. The summed E-state index contributed by atoms with van der Waals surface area (Å²) in [7, 11) is -6.00. The van der Waals surface area contributed by atoms with Gasteiger partial charge >= 0.3 is 0 Å². The van der Waals surface area contributed by atoms with Gasteiger partial charge in [-0.15, -0.1) is 0 Å². The Morgan fingerprint density at radius 3 is 1.55 bits per heavy atom. The number of phenolic OH excluding ortho intramolecular Hbond substituents is 2. The van der Waals surface area contributed by atoms with Crippen molar-refractivity contribution in [3.8, 4) is 40.2 Å². The Balaban J connectivity index is 1.71. The van der Waals surface area contributed by atoms with E-state index in [1.165, 1.54) is 0 Å². The lowest BCUT2D eigenvalue weighted by atomic mass is 9.90. The molecule has 49 heavy (non-hydrogen) atoms. The quantitative estimate of drug-likeness (QED) is 0.105. The number of phenols is 2. The van der Waals surface area contributed by atoms with Gasteiger partial charge in [-0.05, 0) is 95.9 Å². The molecule has 0 bridgehead atoms. The van der Waals surface area contributed by atoms with E-state index in [1.54, 1.807) is 6.07 Å². The first-order valence-electron chi connectivity index (χ1n) is 18.8. The fourth-order valence-corrected chi connectivity index (χ4v) is 15.5. The lowest BCUT2D eigenvalue weighted by Crippen LogP contribution is -2.40. The summed E-state index contributed by atoms with van der Waals surface area (Å²) in [4.78, 5) is 0.